The Kier molecular flexibility index (Phi) is 40.9. The fourth-order valence-electron chi connectivity index (χ4n) is 8.82. The maximum Gasteiger partial charge on any atom is 0.106 e. The van der Waals surface area contributed by atoms with Crippen LogP contribution in [0.25, 0.3) is 0 Å². The van der Waals surface area contributed by atoms with Crippen molar-refractivity contribution in [2.45, 2.75) is 236 Å². The topological polar surface area (TPSA) is 158 Å². The molecule has 0 heterocycles. The summed E-state index contributed by atoms with van der Waals surface area (Å²) in [5.74, 6) is 5.65. The molecule has 5 nitrogen and oxygen atoms in total. The van der Waals surface area contributed by atoms with E-state index in [1.54, 1.807) is 13.8 Å². The molecule has 6 aliphatic carbocycles. The molecule has 0 aromatic carbocycles. The van der Waals surface area contributed by atoms with Gasteiger partial charge in [-0.25, -0.2) is 26.3 Å². The summed E-state index contributed by atoms with van der Waals surface area (Å²) in [5.41, 5.74) is 0. The zero-order valence-electron chi connectivity index (χ0n) is 39.9. The zero-order chi connectivity index (χ0) is 41.1. The monoisotopic (exact) mass is 873 g/mol. The molecule has 0 saturated heterocycles. The molecule has 0 aliphatic heterocycles. The van der Waals surface area contributed by atoms with Crippen molar-refractivity contribution in [3.63, 3.8) is 0 Å². The summed E-state index contributed by atoms with van der Waals surface area (Å²) >= 11 is 0. The number of halogens is 6. The van der Waals surface area contributed by atoms with Gasteiger partial charge in [0.2, 0.25) is 0 Å². The average molecular weight is 873 g/mol. The van der Waals surface area contributed by atoms with Gasteiger partial charge in [-0.3, -0.25) is 0 Å². The van der Waals surface area contributed by atoms with Crippen LogP contribution in [0.2, 0.25) is 0 Å². The molecule has 10 N–H and O–H groups in total. The minimum absolute atomic E-state index is 0. The molecular weight excluding hydrogens is 771 g/mol. The maximum atomic E-state index is 12.8. The Morgan fingerprint density at radius 1 is 0.237 bits per heavy atom. The second-order valence-corrected chi connectivity index (χ2v) is 20.5. The Morgan fingerprint density at radius 3 is 0.576 bits per heavy atom. The number of hydrogen-bond acceptors (Lipinski definition) is 0. The molecule has 6 saturated carbocycles. The highest BCUT2D eigenvalue weighted by molar-refractivity contribution is 4.83. The molecule has 0 aromatic rings. The minimum atomic E-state index is -0.918. The average Bonchev–Trinajstić information content (AvgIpc) is 3.10. The third-order valence-corrected chi connectivity index (χ3v) is 14.1. The van der Waals surface area contributed by atoms with E-state index in [1.807, 2.05) is 27.7 Å². The van der Waals surface area contributed by atoms with Crippen molar-refractivity contribution in [3.8, 4) is 0 Å². The van der Waals surface area contributed by atoms with Crippen molar-refractivity contribution in [1.29, 1.82) is 0 Å². The molecule has 0 radical (unpaired) electrons. The second kappa shape index (κ2) is 35.8. The summed E-state index contributed by atoms with van der Waals surface area (Å²) in [4.78, 5) is 0. The summed E-state index contributed by atoms with van der Waals surface area (Å²) in [6.45, 7) is 24.9. The predicted molar refractivity (Wildman–Crippen MR) is 243 cm³/mol. The van der Waals surface area contributed by atoms with Crippen LogP contribution in [0, 0.1) is 71.0 Å². The first-order valence-electron chi connectivity index (χ1n) is 23.0. The van der Waals surface area contributed by atoms with Gasteiger partial charge in [-0.05, 0) is 111 Å². The summed E-state index contributed by atoms with van der Waals surface area (Å²) in [6, 6.07) is 0. The molecule has 6 rings (SSSR count). The Morgan fingerprint density at radius 2 is 0.407 bits per heavy atom. The second-order valence-electron chi connectivity index (χ2n) is 20.5. The van der Waals surface area contributed by atoms with Crippen molar-refractivity contribution in [1.82, 2.24) is 0 Å². The number of rotatable bonds is 0. The molecule has 0 aromatic heterocycles. The lowest BCUT2D eigenvalue weighted by atomic mass is 9.81. The van der Waals surface area contributed by atoms with E-state index in [4.69, 9.17) is 0 Å². The summed E-state index contributed by atoms with van der Waals surface area (Å²) < 4.78 is 77.0. The minimum Gasteiger partial charge on any atom is -0.412 e. The Bertz CT molecular complexity index is 816. The van der Waals surface area contributed by atoms with Gasteiger partial charge in [0.15, 0.2) is 0 Å². The van der Waals surface area contributed by atoms with Crippen LogP contribution in [0.1, 0.15) is 200 Å². The zero-order valence-corrected chi connectivity index (χ0v) is 39.9. The van der Waals surface area contributed by atoms with E-state index in [-0.39, 0.29) is 52.5 Å². The normalized spacial score (nSPS) is 41.2. The first kappa shape index (κ1) is 67.5. The van der Waals surface area contributed by atoms with Crippen LogP contribution in [-0.4, -0.2) is 64.4 Å². The van der Waals surface area contributed by atoms with Crippen LogP contribution < -0.4 is 0 Å². The predicted octanol–water partition coefficient (Wildman–Crippen LogP) is 12.8. The summed E-state index contributed by atoms with van der Waals surface area (Å²) in [7, 11) is 0. The molecule has 0 amide bonds. The first-order valence-corrected chi connectivity index (χ1v) is 23.0. The lowest BCUT2D eigenvalue weighted by Gasteiger charge is -2.30. The highest BCUT2D eigenvalue weighted by Crippen LogP contribution is 2.35. The van der Waals surface area contributed by atoms with Crippen molar-refractivity contribution in [3.05, 3.63) is 0 Å². The molecule has 10 unspecified atom stereocenters. The molecule has 11 heteroatoms. The summed E-state index contributed by atoms with van der Waals surface area (Å²) in [6.07, 6.45) is 15.5. The lowest BCUT2D eigenvalue weighted by Crippen LogP contribution is -2.32. The third-order valence-electron chi connectivity index (χ3n) is 14.1. The fourth-order valence-corrected chi connectivity index (χ4v) is 8.82. The van der Waals surface area contributed by atoms with E-state index in [0.29, 0.717) is 49.4 Å². The molecule has 0 bridgehead atoms. The van der Waals surface area contributed by atoms with Crippen LogP contribution in [0.3, 0.4) is 0 Å². The highest BCUT2D eigenvalue weighted by atomic mass is 19.2. The van der Waals surface area contributed by atoms with Gasteiger partial charge in [0.1, 0.15) is 37.0 Å². The third kappa shape index (κ3) is 29.4. The van der Waals surface area contributed by atoms with Gasteiger partial charge in [-0.1, -0.05) is 147 Å². The molecule has 366 valence electrons. The van der Waals surface area contributed by atoms with Gasteiger partial charge >= 0.3 is 0 Å². The van der Waals surface area contributed by atoms with E-state index in [1.165, 1.54) is 64.2 Å². The van der Waals surface area contributed by atoms with Crippen molar-refractivity contribution in [2.24, 2.45) is 71.0 Å². The van der Waals surface area contributed by atoms with Crippen molar-refractivity contribution >= 4 is 0 Å². The summed E-state index contributed by atoms with van der Waals surface area (Å²) in [5, 5.41) is 0. The molecule has 59 heavy (non-hydrogen) atoms. The number of hydrogen-bond donors (Lipinski definition) is 0. The van der Waals surface area contributed by atoms with Crippen LogP contribution in [0.4, 0.5) is 26.3 Å². The molecule has 10 atom stereocenters. The number of alkyl halides is 6. The van der Waals surface area contributed by atoms with E-state index < -0.39 is 37.0 Å². The SMILES string of the molecule is CC1CC(F)C(C)C(F)C1.CC1CC(F)C(C)C(F)C1.CC1CCC(C)C(F)C1.CC1CCC(C)C(F)C1.CC1CCC(C)CC1.CC1CCC(C)CC1.O.O.O.O.O.[HH]. The fraction of sp³-hybridized carbons (Fsp3) is 1.00. The lowest BCUT2D eigenvalue weighted by molar-refractivity contribution is 0.0600. The Hall–Kier alpha value is -0.620. The van der Waals surface area contributed by atoms with E-state index >= 15 is 0 Å². The van der Waals surface area contributed by atoms with E-state index in [2.05, 4.69) is 41.5 Å². The van der Waals surface area contributed by atoms with Crippen molar-refractivity contribution < 1.29 is 55.2 Å². The van der Waals surface area contributed by atoms with Crippen LogP contribution >= 0.6 is 0 Å². The molecule has 6 fully saturated rings. The van der Waals surface area contributed by atoms with Gasteiger partial charge < -0.3 is 27.4 Å². The molecule has 6 aliphatic rings. The van der Waals surface area contributed by atoms with E-state index in [0.717, 1.165) is 49.4 Å². The van der Waals surface area contributed by atoms with Gasteiger partial charge in [0.05, 0.1) is 0 Å². The van der Waals surface area contributed by atoms with Gasteiger partial charge in [-0.2, -0.15) is 0 Å². The molecule has 0 spiro atoms. The maximum absolute atomic E-state index is 12.8. The first-order chi connectivity index (χ1) is 25.2. The van der Waals surface area contributed by atoms with Crippen LogP contribution in [0.15, 0.2) is 0 Å². The standard InChI is InChI=1S/2C8H14F2.2C8H15F.2C8H16.5H2O.H2/c2*1-5-3-7(9)6(2)8(10)4-5;2*1-6-3-4-7(2)8(9)5-6;2*1-7-3-5-8(2)6-4-7;;;;;;/h2*5-8H,3-4H2,1-2H3;2*6-8H,3-5H2,1-2H3;2*7-8H,3-6H2,1-2H3;5*1H2;1H. The quantitative estimate of drug-likeness (QED) is 0.212. The van der Waals surface area contributed by atoms with Crippen molar-refractivity contribution in [2.75, 3.05) is 0 Å². The largest absolute Gasteiger partial charge is 0.412 e. The van der Waals surface area contributed by atoms with Crippen LogP contribution in [0.5, 0.6) is 0 Å². The van der Waals surface area contributed by atoms with Gasteiger partial charge in [-0.15, -0.1) is 0 Å². The van der Waals surface area contributed by atoms with Crippen LogP contribution in [-0.2, 0) is 0 Å². The van der Waals surface area contributed by atoms with E-state index in [9.17, 15) is 26.3 Å². The Balaban J connectivity index is -0.000000143. The van der Waals surface area contributed by atoms with Gasteiger partial charge in [0.25, 0.3) is 0 Å². The van der Waals surface area contributed by atoms with Gasteiger partial charge in [0, 0.05) is 13.3 Å². The molecular formula is C48H102F6O5. The Labute approximate surface area is 361 Å². The highest BCUT2D eigenvalue weighted by Gasteiger charge is 2.34. The smallest absolute Gasteiger partial charge is 0.106 e.